The molecule has 0 saturated heterocycles. The van der Waals surface area contributed by atoms with E-state index in [1.54, 1.807) is 6.33 Å². The second kappa shape index (κ2) is 3.46. The summed E-state index contributed by atoms with van der Waals surface area (Å²) in [6, 6.07) is -0.0602. The molecule has 0 spiro atoms. The average molecular weight is 182 g/mol. The highest BCUT2D eigenvalue weighted by Gasteiger charge is 2.26. The Balaban J connectivity index is 2.94. The van der Waals surface area contributed by atoms with Crippen molar-refractivity contribution in [1.29, 1.82) is 0 Å². The van der Waals surface area contributed by atoms with Crippen LogP contribution in [0.15, 0.2) is 6.33 Å². The lowest BCUT2D eigenvalue weighted by Crippen LogP contribution is -2.29. The molecule has 0 aliphatic rings. The lowest BCUT2D eigenvalue weighted by molar-refractivity contribution is 0.305. The van der Waals surface area contributed by atoms with Gasteiger partial charge in [-0.25, -0.2) is 9.67 Å². The van der Waals surface area contributed by atoms with Crippen LogP contribution in [0.5, 0.6) is 0 Å². The number of nitrogens with two attached hydrogens (primary N) is 1. The highest BCUT2D eigenvalue weighted by atomic mass is 15.3. The molecule has 2 N–H and O–H groups in total. The predicted molar refractivity (Wildman–Crippen MR) is 52.1 cm³/mol. The molecular weight excluding hydrogens is 164 g/mol. The molecule has 74 valence electrons. The van der Waals surface area contributed by atoms with E-state index in [9.17, 15) is 0 Å². The number of hydrogen-bond donors (Lipinski definition) is 1. The van der Waals surface area contributed by atoms with Gasteiger partial charge in [0.25, 0.3) is 0 Å². The van der Waals surface area contributed by atoms with Crippen LogP contribution in [0.1, 0.15) is 39.6 Å². The second-order valence-electron chi connectivity index (χ2n) is 4.28. The summed E-state index contributed by atoms with van der Waals surface area (Å²) in [4.78, 5) is 4.18. The molecule has 1 rings (SSSR count). The van der Waals surface area contributed by atoms with Crippen molar-refractivity contribution in [2.45, 2.75) is 40.3 Å². The maximum Gasteiger partial charge on any atom is 0.144 e. The molecule has 1 heterocycles. The van der Waals surface area contributed by atoms with Crippen LogP contribution < -0.4 is 5.73 Å². The van der Waals surface area contributed by atoms with E-state index in [1.807, 2.05) is 11.6 Å². The van der Waals surface area contributed by atoms with Gasteiger partial charge in [0.2, 0.25) is 0 Å². The number of nitrogens with zero attached hydrogens (tertiary/aromatic N) is 3. The molecule has 0 radical (unpaired) electrons. The zero-order valence-corrected chi connectivity index (χ0v) is 8.78. The highest BCUT2D eigenvalue weighted by molar-refractivity contribution is 4.98. The topological polar surface area (TPSA) is 56.7 Å². The van der Waals surface area contributed by atoms with Crippen LogP contribution in [0.25, 0.3) is 0 Å². The van der Waals surface area contributed by atoms with E-state index in [1.165, 1.54) is 0 Å². The molecule has 4 nitrogen and oxygen atoms in total. The summed E-state index contributed by atoms with van der Waals surface area (Å²) in [7, 11) is 0. The minimum atomic E-state index is -0.0602. The quantitative estimate of drug-likeness (QED) is 0.751. The number of rotatable bonds is 2. The van der Waals surface area contributed by atoms with Crippen LogP contribution in [0.3, 0.4) is 0 Å². The van der Waals surface area contributed by atoms with Gasteiger partial charge >= 0.3 is 0 Å². The van der Waals surface area contributed by atoms with Crippen molar-refractivity contribution in [3.05, 3.63) is 12.2 Å². The fourth-order valence-electron chi connectivity index (χ4n) is 1.14. The molecule has 0 fully saturated rings. The predicted octanol–water partition coefficient (Wildman–Crippen LogP) is 1.34. The smallest absolute Gasteiger partial charge is 0.144 e. The Morgan fingerprint density at radius 1 is 1.54 bits per heavy atom. The van der Waals surface area contributed by atoms with Gasteiger partial charge in [-0.2, -0.15) is 5.10 Å². The van der Waals surface area contributed by atoms with Crippen molar-refractivity contribution in [2.24, 2.45) is 11.1 Å². The van der Waals surface area contributed by atoms with Crippen LogP contribution in [-0.4, -0.2) is 14.8 Å². The number of aryl methyl sites for hydroxylation is 1. The molecule has 1 aromatic heterocycles. The first-order chi connectivity index (χ1) is 5.96. The van der Waals surface area contributed by atoms with Gasteiger partial charge in [0.15, 0.2) is 0 Å². The van der Waals surface area contributed by atoms with Gasteiger partial charge in [0, 0.05) is 6.54 Å². The van der Waals surface area contributed by atoms with Gasteiger partial charge in [-0.05, 0) is 12.3 Å². The summed E-state index contributed by atoms with van der Waals surface area (Å²) < 4.78 is 1.84. The van der Waals surface area contributed by atoms with Crippen molar-refractivity contribution in [2.75, 3.05) is 0 Å². The number of aromatic nitrogens is 3. The Kier molecular flexibility index (Phi) is 2.71. The summed E-state index contributed by atoms with van der Waals surface area (Å²) >= 11 is 0. The van der Waals surface area contributed by atoms with E-state index >= 15 is 0 Å². The van der Waals surface area contributed by atoms with Gasteiger partial charge in [-0.15, -0.1) is 0 Å². The average Bonchev–Trinajstić information content (AvgIpc) is 2.48. The SMILES string of the molecule is CCn1ncnc1C(N)C(C)(C)C. The van der Waals surface area contributed by atoms with Gasteiger partial charge in [-0.1, -0.05) is 20.8 Å². The van der Waals surface area contributed by atoms with E-state index in [4.69, 9.17) is 5.73 Å². The van der Waals surface area contributed by atoms with E-state index in [-0.39, 0.29) is 11.5 Å². The van der Waals surface area contributed by atoms with Crippen molar-refractivity contribution >= 4 is 0 Å². The standard InChI is InChI=1S/C9H18N4/c1-5-13-8(11-6-12-13)7(10)9(2,3)4/h6-7H,5,10H2,1-4H3. The zero-order chi connectivity index (χ0) is 10.1. The largest absolute Gasteiger partial charge is 0.321 e. The van der Waals surface area contributed by atoms with Crippen molar-refractivity contribution in [3.8, 4) is 0 Å². The Hall–Kier alpha value is -0.900. The molecule has 13 heavy (non-hydrogen) atoms. The van der Waals surface area contributed by atoms with Crippen LogP contribution in [0, 0.1) is 5.41 Å². The molecule has 0 bridgehead atoms. The first kappa shape index (κ1) is 10.2. The molecule has 1 atom stereocenters. The molecule has 0 saturated carbocycles. The normalized spacial score (nSPS) is 14.5. The summed E-state index contributed by atoms with van der Waals surface area (Å²) in [5.74, 6) is 0.870. The zero-order valence-electron chi connectivity index (χ0n) is 8.78. The van der Waals surface area contributed by atoms with Crippen LogP contribution in [0.4, 0.5) is 0 Å². The Morgan fingerprint density at radius 2 is 2.15 bits per heavy atom. The van der Waals surface area contributed by atoms with Crippen molar-refractivity contribution < 1.29 is 0 Å². The van der Waals surface area contributed by atoms with Crippen LogP contribution in [-0.2, 0) is 6.54 Å². The molecule has 0 amide bonds. The van der Waals surface area contributed by atoms with Crippen molar-refractivity contribution in [3.63, 3.8) is 0 Å². The Bertz CT molecular complexity index is 271. The third kappa shape index (κ3) is 2.06. The van der Waals surface area contributed by atoms with Gasteiger partial charge in [-0.3, -0.25) is 0 Å². The third-order valence-corrected chi connectivity index (χ3v) is 2.16. The molecule has 0 aromatic carbocycles. The Morgan fingerprint density at radius 3 is 2.62 bits per heavy atom. The van der Waals surface area contributed by atoms with Crippen LogP contribution >= 0.6 is 0 Å². The molecule has 1 aromatic rings. The fraction of sp³-hybridized carbons (Fsp3) is 0.778. The van der Waals surface area contributed by atoms with E-state index in [0.717, 1.165) is 12.4 Å². The minimum Gasteiger partial charge on any atom is -0.321 e. The van der Waals surface area contributed by atoms with E-state index in [2.05, 4.69) is 30.9 Å². The monoisotopic (exact) mass is 182 g/mol. The molecular formula is C9H18N4. The van der Waals surface area contributed by atoms with Gasteiger partial charge in [0.1, 0.15) is 12.2 Å². The lowest BCUT2D eigenvalue weighted by Gasteiger charge is -2.26. The van der Waals surface area contributed by atoms with Gasteiger partial charge in [0.05, 0.1) is 6.04 Å². The third-order valence-electron chi connectivity index (χ3n) is 2.16. The summed E-state index contributed by atoms with van der Waals surface area (Å²) in [5, 5.41) is 4.09. The summed E-state index contributed by atoms with van der Waals surface area (Å²) in [6.45, 7) is 9.16. The molecule has 1 unspecified atom stereocenters. The molecule has 0 aliphatic carbocycles. The molecule has 0 aliphatic heterocycles. The minimum absolute atomic E-state index is 0.0277. The first-order valence-electron chi connectivity index (χ1n) is 4.60. The maximum absolute atomic E-state index is 6.07. The maximum atomic E-state index is 6.07. The number of hydrogen-bond acceptors (Lipinski definition) is 3. The molecule has 4 heteroatoms. The lowest BCUT2D eigenvalue weighted by atomic mass is 9.87. The fourth-order valence-corrected chi connectivity index (χ4v) is 1.14. The van der Waals surface area contributed by atoms with Crippen molar-refractivity contribution in [1.82, 2.24) is 14.8 Å². The van der Waals surface area contributed by atoms with Gasteiger partial charge < -0.3 is 5.73 Å². The van der Waals surface area contributed by atoms with Crippen LogP contribution in [0.2, 0.25) is 0 Å². The Labute approximate surface area is 79.2 Å². The summed E-state index contributed by atoms with van der Waals surface area (Å²) in [5.41, 5.74) is 6.10. The van der Waals surface area contributed by atoms with E-state index in [0.29, 0.717) is 0 Å². The van der Waals surface area contributed by atoms with E-state index < -0.39 is 0 Å². The summed E-state index contributed by atoms with van der Waals surface area (Å²) in [6.07, 6.45) is 1.56. The second-order valence-corrected chi connectivity index (χ2v) is 4.28. The highest BCUT2D eigenvalue weighted by Crippen LogP contribution is 2.28. The first-order valence-corrected chi connectivity index (χ1v) is 4.60.